The van der Waals surface area contributed by atoms with E-state index in [0.29, 0.717) is 17.3 Å². The van der Waals surface area contributed by atoms with E-state index in [1.165, 1.54) is 0 Å². The van der Waals surface area contributed by atoms with Crippen LogP contribution in [-0.4, -0.2) is 13.7 Å². The Morgan fingerprint density at radius 1 is 1.42 bits per heavy atom. The molecule has 1 aromatic rings. The summed E-state index contributed by atoms with van der Waals surface area (Å²) in [6.07, 6.45) is 0. The van der Waals surface area contributed by atoms with Crippen LogP contribution in [0.1, 0.15) is 6.92 Å². The molecule has 1 rings (SSSR count). The zero-order valence-corrected chi connectivity index (χ0v) is 7.98. The molecule has 65 valence electrons. The zero-order chi connectivity index (χ0) is 8.97. The predicted molar refractivity (Wildman–Crippen MR) is 50.0 cm³/mol. The van der Waals surface area contributed by atoms with E-state index in [1.54, 1.807) is 19.2 Å². The van der Waals surface area contributed by atoms with Crippen molar-refractivity contribution in [2.45, 2.75) is 11.8 Å². The lowest BCUT2D eigenvalue weighted by Crippen LogP contribution is -1.92. The summed E-state index contributed by atoms with van der Waals surface area (Å²) in [7, 11) is 1.60. The topological polar surface area (TPSA) is 18.5 Å². The third-order valence-electron chi connectivity index (χ3n) is 1.45. The molecule has 1 aromatic carbocycles. The fourth-order valence-electron chi connectivity index (χ4n) is 0.904. The minimum atomic E-state index is 0.653. The Morgan fingerprint density at radius 2 is 2.17 bits per heavy atom. The number of hydrogen-bond acceptors (Lipinski definition) is 2. The molecule has 3 heteroatoms. The average Bonchev–Trinajstić information content (AvgIpc) is 2.09. The van der Waals surface area contributed by atoms with Crippen molar-refractivity contribution in [1.29, 1.82) is 0 Å². The van der Waals surface area contributed by atoms with Crippen LogP contribution in [0.15, 0.2) is 23.1 Å². The number of ether oxygens (including phenoxy) is 2. The van der Waals surface area contributed by atoms with E-state index < -0.39 is 0 Å². The van der Waals surface area contributed by atoms with Crippen LogP contribution in [0.2, 0.25) is 0 Å². The highest BCUT2D eigenvalue weighted by Gasteiger charge is 2.01. The summed E-state index contributed by atoms with van der Waals surface area (Å²) in [5.41, 5.74) is 0. The summed E-state index contributed by atoms with van der Waals surface area (Å²) >= 11 is 5.01. The summed E-state index contributed by atoms with van der Waals surface area (Å²) in [4.78, 5) is 0.709. The highest BCUT2D eigenvalue weighted by atomic mass is 32.1. The van der Waals surface area contributed by atoms with Gasteiger partial charge in [-0.3, -0.25) is 0 Å². The molecule has 0 atom stereocenters. The van der Waals surface area contributed by atoms with Gasteiger partial charge in [-0.1, -0.05) is 12.6 Å². The van der Waals surface area contributed by atoms with Gasteiger partial charge in [0.05, 0.1) is 18.6 Å². The predicted octanol–water partition coefficient (Wildman–Crippen LogP) is 2.65. The molecule has 0 saturated heterocycles. The zero-order valence-electron chi connectivity index (χ0n) is 7.16. The summed E-state index contributed by atoms with van der Waals surface area (Å²) in [5, 5.41) is 0. The summed E-state index contributed by atoms with van der Waals surface area (Å²) in [6.45, 7) is 2.59. The van der Waals surface area contributed by atoms with Crippen LogP contribution in [0, 0.1) is 0 Å². The molecule has 0 unspecified atom stereocenters. The monoisotopic (exact) mass is 183 g/mol. The van der Waals surface area contributed by atoms with Gasteiger partial charge in [0.1, 0.15) is 11.5 Å². The van der Waals surface area contributed by atoms with Crippen molar-refractivity contribution in [2.75, 3.05) is 13.7 Å². The van der Waals surface area contributed by atoms with E-state index in [-0.39, 0.29) is 0 Å². The molecule has 0 aromatic heterocycles. The number of rotatable bonds is 3. The second-order valence-corrected chi connectivity index (χ2v) is 2.69. The molecule has 0 aliphatic heterocycles. The Hall–Kier alpha value is -0.960. The molecule has 2 nitrogen and oxygen atoms in total. The van der Waals surface area contributed by atoms with Crippen LogP contribution in [0.5, 0.6) is 11.5 Å². The average molecular weight is 183 g/mol. The first-order valence-corrected chi connectivity index (χ1v) is 4.16. The first kappa shape index (κ1) is 9.13. The molecule has 0 amide bonds. The molecule has 1 radical (unpaired) electrons. The van der Waals surface area contributed by atoms with Crippen molar-refractivity contribution in [3.63, 3.8) is 0 Å². The minimum absolute atomic E-state index is 0.653. The van der Waals surface area contributed by atoms with Crippen LogP contribution in [0.25, 0.3) is 0 Å². The van der Waals surface area contributed by atoms with Crippen LogP contribution in [0.3, 0.4) is 0 Å². The molecule has 0 aliphatic rings. The van der Waals surface area contributed by atoms with Crippen LogP contribution < -0.4 is 9.47 Å². The second-order valence-electron chi connectivity index (χ2n) is 2.25. The molecule has 0 heterocycles. The Morgan fingerprint density at radius 3 is 2.75 bits per heavy atom. The largest absolute Gasteiger partial charge is 0.495 e. The fourth-order valence-corrected chi connectivity index (χ4v) is 1.11. The van der Waals surface area contributed by atoms with E-state index >= 15 is 0 Å². The van der Waals surface area contributed by atoms with Crippen molar-refractivity contribution < 1.29 is 9.47 Å². The normalized spacial score (nSPS) is 9.50. The van der Waals surface area contributed by atoms with Gasteiger partial charge in [0.25, 0.3) is 0 Å². The van der Waals surface area contributed by atoms with Crippen LogP contribution in [-0.2, 0) is 0 Å². The van der Waals surface area contributed by atoms with Crippen molar-refractivity contribution >= 4 is 12.6 Å². The first-order valence-electron chi connectivity index (χ1n) is 3.75. The Balaban J connectivity index is 2.89. The van der Waals surface area contributed by atoms with E-state index in [4.69, 9.17) is 22.1 Å². The molecular formula is C9H11O2S. The van der Waals surface area contributed by atoms with Crippen LogP contribution >= 0.6 is 12.6 Å². The number of methoxy groups -OCH3 is 1. The Bertz CT molecular complexity index is 261. The maximum Gasteiger partial charge on any atom is 0.140 e. The lowest BCUT2D eigenvalue weighted by Gasteiger charge is -2.06. The lowest BCUT2D eigenvalue weighted by molar-refractivity contribution is 0.335. The third-order valence-corrected chi connectivity index (χ3v) is 1.78. The van der Waals surface area contributed by atoms with E-state index in [0.717, 1.165) is 5.75 Å². The van der Waals surface area contributed by atoms with Gasteiger partial charge in [0, 0.05) is 6.07 Å². The maximum atomic E-state index is 5.28. The maximum absolute atomic E-state index is 5.28. The van der Waals surface area contributed by atoms with Gasteiger partial charge < -0.3 is 9.47 Å². The number of hydrogen-bond donors (Lipinski definition) is 0. The molecule has 0 N–H and O–H groups in total. The van der Waals surface area contributed by atoms with Gasteiger partial charge >= 0.3 is 0 Å². The summed E-state index contributed by atoms with van der Waals surface area (Å²) in [5.74, 6) is 1.49. The van der Waals surface area contributed by atoms with Crippen molar-refractivity contribution in [3.05, 3.63) is 18.2 Å². The van der Waals surface area contributed by atoms with Gasteiger partial charge in [-0.05, 0) is 19.1 Å². The highest BCUT2D eigenvalue weighted by Crippen LogP contribution is 2.26. The highest BCUT2D eigenvalue weighted by molar-refractivity contribution is 7.80. The van der Waals surface area contributed by atoms with Gasteiger partial charge in [0.2, 0.25) is 0 Å². The van der Waals surface area contributed by atoms with Crippen molar-refractivity contribution in [2.24, 2.45) is 0 Å². The third kappa shape index (κ3) is 2.01. The molecule has 0 aliphatic carbocycles. The first-order chi connectivity index (χ1) is 5.77. The molecular weight excluding hydrogens is 172 g/mol. The van der Waals surface area contributed by atoms with E-state index in [9.17, 15) is 0 Å². The smallest absolute Gasteiger partial charge is 0.140 e. The minimum Gasteiger partial charge on any atom is -0.495 e. The SMILES string of the molecule is CCOc1ccc([S])c(OC)c1. The van der Waals surface area contributed by atoms with Crippen molar-refractivity contribution in [3.8, 4) is 11.5 Å². The Labute approximate surface area is 77.9 Å². The molecule has 12 heavy (non-hydrogen) atoms. The van der Waals surface area contributed by atoms with Crippen LogP contribution in [0.4, 0.5) is 0 Å². The van der Waals surface area contributed by atoms with Gasteiger partial charge in [-0.25, -0.2) is 0 Å². The van der Waals surface area contributed by atoms with E-state index in [1.807, 2.05) is 13.0 Å². The van der Waals surface area contributed by atoms with Gasteiger partial charge in [-0.2, -0.15) is 0 Å². The summed E-state index contributed by atoms with van der Waals surface area (Å²) < 4.78 is 10.3. The fraction of sp³-hybridized carbons (Fsp3) is 0.333. The second kappa shape index (κ2) is 4.16. The standard InChI is InChI=1S/C9H11O2S/c1-3-11-7-4-5-9(12)8(6-7)10-2/h4-6H,3H2,1-2H3. The van der Waals surface area contributed by atoms with E-state index in [2.05, 4.69) is 0 Å². The van der Waals surface area contributed by atoms with Gasteiger partial charge in [0.15, 0.2) is 0 Å². The summed E-state index contributed by atoms with van der Waals surface area (Å²) in [6, 6.07) is 5.44. The van der Waals surface area contributed by atoms with Gasteiger partial charge in [-0.15, -0.1) is 0 Å². The Kier molecular flexibility index (Phi) is 3.17. The number of benzene rings is 1. The van der Waals surface area contributed by atoms with Crippen molar-refractivity contribution in [1.82, 2.24) is 0 Å². The quantitative estimate of drug-likeness (QED) is 0.717. The molecule has 0 fully saturated rings. The molecule has 0 spiro atoms. The molecule has 0 bridgehead atoms. The lowest BCUT2D eigenvalue weighted by atomic mass is 10.3. The molecule has 0 saturated carbocycles.